The summed E-state index contributed by atoms with van der Waals surface area (Å²) in [7, 11) is 0. The van der Waals surface area contributed by atoms with E-state index in [1.54, 1.807) is 0 Å². The Kier molecular flexibility index (Phi) is 5.18. The van der Waals surface area contributed by atoms with Crippen molar-refractivity contribution >= 4 is 5.84 Å². The summed E-state index contributed by atoms with van der Waals surface area (Å²) >= 11 is 0. The fourth-order valence-corrected chi connectivity index (χ4v) is 2.22. The number of aryl methyl sites for hydroxylation is 2. The molecule has 0 heterocycles. The summed E-state index contributed by atoms with van der Waals surface area (Å²) in [5.74, 6) is 5.53. The van der Waals surface area contributed by atoms with Crippen molar-refractivity contribution in [1.82, 2.24) is 0 Å². The van der Waals surface area contributed by atoms with Crippen molar-refractivity contribution in [1.29, 1.82) is 0 Å². The van der Waals surface area contributed by atoms with E-state index in [0.717, 1.165) is 18.4 Å². The first-order chi connectivity index (χ1) is 9.79. The maximum absolute atomic E-state index is 5.66. The Labute approximate surface area is 120 Å². The van der Waals surface area contributed by atoms with E-state index in [1.165, 1.54) is 24.0 Å². The van der Waals surface area contributed by atoms with Gasteiger partial charge in [-0.15, -0.1) is 0 Å². The lowest BCUT2D eigenvalue weighted by Gasteiger charge is -2.04. The number of nitrogens with zero attached hydrogens (tertiary/aromatic N) is 1. The number of rotatable bonds is 6. The molecular formula is C17H21N3. The highest BCUT2D eigenvalue weighted by Crippen LogP contribution is 2.10. The van der Waals surface area contributed by atoms with Gasteiger partial charge in [0.25, 0.3) is 0 Å². The Morgan fingerprint density at radius 1 is 0.800 bits per heavy atom. The van der Waals surface area contributed by atoms with Crippen LogP contribution < -0.4 is 11.6 Å². The normalized spacial score (nSPS) is 11.5. The van der Waals surface area contributed by atoms with Gasteiger partial charge in [0.05, 0.1) is 0 Å². The first-order valence-corrected chi connectivity index (χ1v) is 6.96. The van der Waals surface area contributed by atoms with Crippen molar-refractivity contribution in [3.8, 4) is 0 Å². The summed E-state index contributed by atoms with van der Waals surface area (Å²) in [5.41, 5.74) is 9.27. The van der Waals surface area contributed by atoms with Crippen molar-refractivity contribution in [2.45, 2.75) is 25.7 Å². The molecule has 0 amide bonds. The minimum Gasteiger partial charge on any atom is -0.382 e. The van der Waals surface area contributed by atoms with Crippen LogP contribution in [0.15, 0.2) is 59.7 Å². The van der Waals surface area contributed by atoms with E-state index < -0.39 is 0 Å². The molecule has 0 aliphatic carbocycles. The van der Waals surface area contributed by atoms with E-state index in [-0.39, 0.29) is 0 Å². The lowest BCUT2D eigenvalue weighted by atomic mass is 10.0. The lowest BCUT2D eigenvalue weighted by molar-refractivity contribution is 0.734. The zero-order valence-electron chi connectivity index (χ0n) is 11.6. The predicted octanol–water partition coefficient (Wildman–Crippen LogP) is 2.83. The molecule has 2 aromatic rings. The Hall–Kier alpha value is -2.29. The van der Waals surface area contributed by atoms with Gasteiger partial charge in [0.15, 0.2) is 0 Å². The number of amidine groups is 1. The fourth-order valence-electron chi connectivity index (χ4n) is 2.22. The van der Waals surface area contributed by atoms with E-state index >= 15 is 0 Å². The molecule has 0 radical (unpaired) electrons. The average molecular weight is 267 g/mol. The quantitative estimate of drug-likeness (QED) is 0.278. The van der Waals surface area contributed by atoms with Crippen LogP contribution in [-0.2, 0) is 12.8 Å². The molecule has 3 heteroatoms. The highest BCUT2D eigenvalue weighted by atomic mass is 15.1. The molecule has 0 fully saturated rings. The number of benzene rings is 2. The molecule has 0 unspecified atom stereocenters. The van der Waals surface area contributed by atoms with Gasteiger partial charge in [-0.05, 0) is 36.8 Å². The summed E-state index contributed by atoms with van der Waals surface area (Å²) in [4.78, 5) is 0. The zero-order valence-corrected chi connectivity index (χ0v) is 11.6. The second-order valence-electron chi connectivity index (χ2n) is 4.90. The molecule has 0 spiro atoms. The summed E-state index contributed by atoms with van der Waals surface area (Å²) in [5, 5.41) is 3.49. The van der Waals surface area contributed by atoms with Crippen LogP contribution >= 0.6 is 0 Å². The largest absolute Gasteiger partial charge is 0.382 e. The third-order valence-electron chi connectivity index (χ3n) is 3.41. The van der Waals surface area contributed by atoms with Crippen LogP contribution in [0.1, 0.15) is 29.5 Å². The highest BCUT2D eigenvalue weighted by molar-refractivity contribution is 5.97. The zero-order chi connectivity index (χ0) is 14.2. The Morgan fingerprint density at radius 2 is 1.35 bits per heavy atom. The summed E-state index contributed by atoms with van der Waals surface area (Å²) in [6, 6.07) is 18.7. The molecule has 4 N–H and O–H groups in total. The first kappa shape index (κ1) is 14.1. The monoisotopic (exact) mass is 267 g/mol. The van der Waals surface area contributed by atoms with E-state index in [9.17, 15) is 0 Å². The molecule has 0 aliphatic rings. The van der Waals surface area contributed by atoms with E-state index in [4.69, 9.17) is 11.6 Å². The summed E-state index contributed by atoms with van der Waals surface area (Å²) in [6.45, 7) is 0. The molecule has 0 aliphatic heterocycles. The van der Waals surface area contributed by atoms with Crippen LogP contribution in [0, 0.1) is 0 Å². The molecule has 0 aromatic heterocycles. The minimum atomic E-state index is 0.376. The van der Waals surface area contributed by atoms with Crippen LogP contribution in [0.25, 0.3) is 0 Å². The second kappa shape index (κ2) is 7.34. The second-order valence-corrected chi connectivity index (χ2v) is 4.90. The van der Waals surface area contributed by atoms with Crippen molar-refractivity contribution in [2.24, 2.45) is 16.7 Å². The van der Waals surface area contributed by atoms with E-state index in [0.29, 0.717) is 5.84 Å². The number of nitrogens with two attached hydrogens (primary N) is 2. The van der Waals surface area contributed by atoms with E-state index in [2.05, 4.69) is 47.6 Å². The molecule has 0 atom stereocenters. The van der Waals surface area contributed by atoms with Crippen LogP contribution in [0.4, 0.5) is 0 Å². The van der Waals surface area contributed by atoms with Gasteiger partial charge in [0.2, 0.25) is 0 Å². The molecule has 2 rings (SSSR count). The Morgan fingerprint density at radius 3 is 1.90 bits per heavy atom. The molecule has 104 valence electrons. The van der Waals surface area contributed by atoms with Gasteiger partial charge in [-0.1, -0.05) is 54.6 Å². The van der Waals surface area contributed by atoms with Gasteiger partial charge in [0.1, 0.15) is 5.84 Å². The Balaban J connectivity index is 1.77. The third kappa shape index (κ3) is 4.12. The highest BCUT2D eigenvalue weighted by Gasteiger charge is 1.99. The molecular weight excluding hydrogens is 246 g/mol. The number of hydrazone groups is 1. The summed E-state index contributed by atoms with van der Waals surface area (Å²) in [6.07, 6.45) is 4.63. The number of hydrogen-bond donors (Lipinski definition) is 2. The molecule has 3 nitrogen and oxygen atoms in total. The van der Waals surface area contributed by atoms with Gasteiger partial charge in [-0.2, -0.15) is 5.10 Å². The van der Waals surface area contributed by atoms with Crippen LogP contribution in [0.3, 0.4) is 0 Å². The third-order valence-corrected chi connectivity index (χ3v) is 3.41. The van der Waals surface area contributed by atoms with Crippen molar-refractivity contribution in [3.05, 3.63) is 71.3 Å². The van der Waals surface area contributed by atoms with Crippen molar-refractivity contribution in [3.63, 3.8) is 0 Å². The topological polar surface area (TPSA) is 64.4 Å². The fraction of sp³-hybridized carbons (Fsp3) is 0.235. The van der Waals surface area contributed by atoms with Gasteiger partial charge in [-0.3, -0.25) is 0 Å². The van der Waals surface area contributed by atoms with Crippen LogP contribution in [0.5, 0.6) is 0 Å². The molecule has 2 aromatic carbocycles. The van der Waals surface area contributed by atoms with Gasteiger partial charge >= 0.3 is 0 Å². The maximum atomic E-state index is 5.66. The average Bonchev–Trinajstić information content (AvgIpc) is 2.52. The Bertz CT molecular complexity index is 544. The molecule has 0 bridgehead atoms. The minimum absolute atomic E-state index is 0.376. The van der Waals surface area contributed by atoms with Crippen molar-refractivity contribution < 1.29 is 0 Å². The number of unbranched alkanes of at least 4 members (excludes halogenated alkanes) is 1. The lowest BCUT2D eigenvalue weighted by Crippen LogP contribution is -2.15. The number of hydrogen-bond acceptors (Lipinski definition) is 2. The maximum Gasteiger partial charge on any atom is 0.150 e. The molecule has 20 heavy (non-hydrogen) atoms. The summed E-state index contributed by atoms with van der Waals surface area (Å²) < 4.78 is 0. The SMILES string of the molecule is NN=C(N)c1ccc(CCCCc2ccccc2)cc1. The standard InChI is InChI=1S/C17H21N3/c18-17(20-19)16-12-10-15(11-13-16)9-5-4-8-14-6-2-1-3-7-14/h1-3,6-7,10-13H,4-5,8-9,19H2,(H2,18,20). The van der Waals surface area contributed by atoms with Crippen molar-refractivity contribution in [2.75, 3.05) is 0 Å². The van der Waals surface area contributed by atoms with E-state index in [1.807, 2.05) is 12.1 Å². The van der Waals surface area contributed by atoms with Crippen LogP contribution in [-0.4, -0.2) is 5.84 Å². The van der Waals surface area contributed by atoms with Gasteiger partial charge in [-0.25, -0.2) is 0 Å². The van der Waals surface area contributed by atoms with Crippen LogP contribution in [0.2, 0.25) is 0 Å². The van der Waals surface area contributed by atoms with Gasteiger partial charge in [0, 0.05) is 5.56 Å². The molecule has 0 saturated carbocycles. The smallest absolute Gasteiger partial charge is 0.150 e. The first-order valence-electron chi connectivity index (χ1n) is 6.96. The van der Waals surface area contributed by atoms with Gasteiger partial charge < -0.3 is 11.6 Å². The predicted molar refractivity (Wildman–Crippen MR) is 84.4 cm³/mol. The molecule has 0 saturated heterocycles.